The van der Waals surface area contributed by atoms with E-state index in [-0.39, 0.29) is 0 Å². The summed E-state index contributed by atoms with van der Waals surface area (Å²) in [5.41, 5.74) is 6.48. The van der Waals surface area contributed by atoms with Crippen LogP contribution in [-0.2, 0) is 0 Å². The smallest absolute Gasteiger partial charge is 0.152 e. The number of nitrogens with two attached hydrogens (primary N) is 1. The zero-order valence-corrected chi connectivity index (χ0v) is 8.58. The number of anilines is 1. The highest BCUT2D eigenvalue weighted by Crippen LogP contribution is 2.24. The van der Waals surface area contributed by atoms with E-state index in [2.05, 4.69) is 20.9 Å². The van der Waals surface area contributed by atoms with Crippen LogP contribution in [0.15, 0.2) is 22.9 Å². The molecule has 0 aliphatic carbocycles. The predicted octanol–water partition coefficient (Wildman–Crippen LogP) is 1.69. The molecule has 4 nitrogen and oxygen atoms in total. The summed E-state index contributed by atoms with van der Waals surface area (Å²) < 4.78 is 7.72. The average Bonchev–Trinajstić information content (AvgIpc) is 2.48. The summed E-state index contributed by atoms with van der Waals surface area (Å²) in [5.74, 6) is 1.33. The van der Waals surface area contributed by atoms with Crippen molar-refractivity contribution in [3.63, 3.8) is 0 Å². The lowest BCUT2D eigenvalue weighted by Gasteiger charge is -2.03. The fourth-order valence-electron chi connectivity index (χ4n) is 1.15. The van der Waals surface area contributed by atoms with E-state index < -0.39 is 0 Å². The second-order valence-corrected chi connectivity index (χ2v) is 3.46. The highest BCUT2D eigenvalue weighted by Gasteiger charge is 2.05. The molecule has 5 heteroatoms. The summed E-state index contributed by atoms with van der Waals surface area (Å²) in [6.45, 7) is 0. The molecule has 2 aromatic heterocycles. The fraction of sp³-hybridized carbons (Fsp3) is 0.125. The van der Waals surface area contributed by atoms with E-state index >= 15 is 0 Å². The van der Waals surface area contributed by atoms with Crippen molar-refractivity contribution in [2.45, 2.75) is 0 Å². The van der Waals surface area contributed by atoms with Gasteiger partial charge in [0.2, 0.25) is 0 Å². The zero-order valence-electron chi connectivity index (χ0n) is 6.99. The molecule has 2 heterocycles. The van der Waals surface area contributed by atoms with Crippen molar-refractivity contribution in [1.29, 1.82) is 0 Å². The predicted molar refractivity (Wildman–Crippen MR) is 53.9 cm³/mol. The van der Waals surface area contributed by atoms with Crippen LogP contribution >= 0.6 is 15.9 Å². The number of halogens is 1. The molecule has 0 saturated carbocycles. The molecule has 2 rings (SSSR count). The topological polar surface area (TPSA) is 52.5 Å². The van der Waals surface area contributed by atoms with Crippen LogP contribution in [0.25, 0.3) is 5.65 Å². The SMILES string of the molecule is COc1cc(Br)c2ncc(N)n2c1. The summed E-state index contributed by atoms with van der Waals surface area (Å²) >= 11 is 3.38. The lowest BCUT2D eigenvalue weighted by atomic mass is 10.4. The molecule has 0 aliphatic heterocycles. The minimum Gasteiger partial charge on any atom is -0.495 e. The quantitative estimate of drug-likeness (QED) is 0.827. The van der Waals surface area contributed by atoms with Gasteiger partial charge in [-0.1, -0.05) is 0 Å². The molecule has 2 N–H and O–H groups in total. The molecular weight excluding hydrogens is 234 g/mol. The van der Waals surface area contributed by atoms with Crippen LogP contribution in [-0.4, -0.2) is 16.5 Å². The molecule has 0 unspecified atom stereocenters. The number of pyridine rings is 1. The summed E-state index contributed by atoms with van der Waals surface area (Å²) in [6.07, 6.45) is 3.40. The minimum atomic E-state index is 0.592. The van der Waals surface area contributed by atoms with Gasteiger partial charge in [-0.2, -0.15) is 0 Å². The second kappa shape index (κ2) is 2.92. The van der Waals surface area contributed by atoms with E-state index in [0.717, 1.165) is 15.9 Å². The normalized spacial score (nSPS) is 10.6. The maximum absolute atomic E-state index is 5.69. The Hall–Kier alpha value is -1.23. The first-order valence-corrected chi connectivity index (χ1v) is 4.47. The summed E-state index contributed by atoms with van der Waals surface area (Å²) in [4.78, 5) is 4.13. The van der Waals surface area contributed by atoms with Crippen molar-refractivity contribution in [2.75, 3.05) is 12.8 Å². The maximum atomic E-state index is 5.69. The van der Waals surface area contributed by atoms with Crippen LogP contribution in [0.2, 0.25) is 0 Å². The van der Waals surface area contributed by atoms with Gasteiger partial charge >= 0.3 is 0 Å². The van der Waals surface area contributed by atoms with E-state index in [1.54, 1.807) is 23.9 Å². The van der Waals surface area contributed by atoms with Gasteiger partial charge in [0, 0.05) is 0 Å². The number of methoxy groups -OCH3 is 1. The van der Waals surface area contributed by atoms with Crippen LogP contribution in [0.3, 0.4) is 0 Å². The third kappa shape index (κ3) is 1.25. The molecule has 0 aromatic carbocycles. The number of hydrogen-bond acceptors (Lipinski definition) is 3. The molecular formula is C8H8BrN3O. The van der Waals surface area contributed by atoms with Crippen molar-refractivity contribution in [1.82, 2.24) is 9.38 Å². The van der Waals surface area contributed by atoms with Crippen LogP contribution in [0, 0.1) is 0 Å². The molecule has 0 spiro atoms. The number of ether oxygens (including phenoxy) is 1. The first-order valence-electron chi connectivity index (χ1n) is 3.68. The molecule has 0 fully saturated rings. The van der Waals surface area contributed by atoms with Crippen LogP contribution in [0.4, 0.5) is 5.82 Å². The lowest BCUT2D eigenvalue weighted by Crippen LogP contribution is -1.94. The standard InChI is InChI=1S/C8H8BrN3O/c1-13-5-2-6(9)8-11-3-7(10)12(8)4-5/h2-4H,10H2,1H3. The summed E-state index contributed by atoms with van der Waals surface area (Å²) in [7, 11) is 1.61. The summed E-state index contributed by atoms with van der Waals surface area (Å²) in [6, 6.07) is 1.85. The minimum absolute atomic E-state index is 0.592. The third-order valence-electron chi connectivity index (χ3n) is 1.80. The Morgan fingerprint density at radius 3 is 3.08 bits per heavy atom. The van der Waals surface area contributed by atoms with E-state index in [9.17, 15) is 0 Å². The van der Waals surface area contributed by atoms with E-state index in [4.69, 9.17) is 10.5 Å². The number of rotatable bonds is 1. The molecule has 0 aliphatic rings. The monoisotopic (exact) mass is 241 g/mol. The summed E-state index contributed by atoms with van der Waals surface area (Å²) in [5, 5.41) is 0. The Kier molecular flexibility index (Phi) is 1.88. The first-order chi connectivity index (χ1) is 6.22. The van der Waals surface area contributed by atoms with Gasteiger partial charge < -0.3 is 10.5 Å². The van der Waals surface area contributed by atoms with E-state index in [0.29, 0.717) is 5.82 Å². The number of nitrogen functional groups attached to an aromatic ring is 1. The van der Waals surface area contributed by atoms with E-state index in [1.165, 1.54) is 0 Å². The Balaban J connectivity index is 2.80. The first kappa shape index (κ1) is 8.37. The van der Waals surface area contributed by atoms with Gasteiger partial charge in [-0.3, -0.25) is 4.40 Å². The van der Waals surface area contributed by atoms with Crippen molar-refractivity contribution in [3.05, 3.63) is 22.9 Å². The van der Waals surface area contributed by atoms with E-state index in [1.807, 2.05) is 6.07 Å². The molecule has 0 bridgehead atoms. The number of hydrogen-bond donors (Lipinski definition) is 1. The Labute approximate surface area is 83.5 Å². The Morgan fingerprint density at radius 2 is 2.38 bits per heavy atom. The van der Waals surface area contributed by atoms with Crippen molar-refractivity contribution in [3.8, 4) is 5.75 Å². The number of nitrogens with zero attached hydrogens (tertiary/aromatic N) is 2. The number of fused-ring (bicyclic) bond motifs is 1. The Morgan fingerprint density at radius 1 is 1.62 bits per heavy atom. The van der Waals surface area contributed by atoms with Gasteiger partial charge in [0.25, 0.3) is 0 Å². The lowest BCUT2D eigenvalue weighted by molar-refractivity contribution is 0.412. The van der Waals surface area contributed by atoms with Crippen LogP contribution < -0.4 is 10.5 Å². The molecule has 0 amide bonds. The third-order valence-corrected chi connectivity index (χ3v) is 2.38. The second-order valence-electron chi connectivity index (χ2n) is 2.60. The number of aromatic nitrogens is 2. The van der Waals surface area contributed by atoms with Gasteiger partial charge in [0.15, 0.2) is 5.65 Å². The van der Waals surface area contributed by atoms with Gasteiger partial charge in [-0.25, -0.2) is 4.98 Å². The Bertz CT molecular complexity index is 452. The van der Waals surface area contributed by atoms with Gasteiger partial charge in [-0.15, -0.1) is 0 Å². The van der Waals surface area contributed by atoms with Gasteiger partial charge in [-0.05, 0) is 22.0 Å². The fourth-order valence-corrected chi connectivity index (χ4v) is 1.67. The maximum Gasteiger partial charge on any atom is 0.152 e. The largest absolute Gasteiger partial charge is 0.495 e. The van der Waals surface area contributed by atoms with Crippen LogP contribution in [0.1, 0.15) is 0 Å². The highest BCUT2D eigenvalue weighted by molar-refractivity contribution is 9.10. The molecule has 2 aromatic rings. The van der Waals surface area contributed by atoms with Gasteiger partial charge in [0.05, 0.1) is 24.0 Å². The van der Waals surface area contributed by atoms with Crippen molar-refractivity contribution < 1.29 is 4.74 Å². The molecule has 13 heavy (non-hydrogen) atoms. The molecule has 68 valence electrons. The van der Waals surface area contributed by atoms with Gasteiger partial charge in [0.1, 0.15) is 11.6 Å². The van der Waals surface area contributed by atoms with Crippen molar-refractivity contribution >= 4 is 27.4 Å². The molecule has 0 saturated heterocycles. The molecule has 0 radical (unpaired) electrons. The zero-order chi connectivity index (χ0) is 9.42. The van der Waals surface area contributed by atoms with Crippen LogP contribution in [0.5, 0.6) is 5.75 Å². The average molecular weight is 242 g/mol. The molecule has 0 atom stereocenters. The highest BCUT2D eigenvalue weighted by atomic mass is 79.9. The van der Waals surface area contributed by atoms with Crippen molar-refractivity contribution in [2.24, 2.45) is 0 Å². The number of imidazole rings is 1.